The van der Waals surface area contributed by atoms with Crippen molar-refractivity contribution in [3.05, 3.63) is 120 Å². The molecule has 0 aliphatic carbocycles. The predicted molar refractivity (Wildman–Crippen MR) is 155 cm³/mol. The van der Waals surface area contributed by atoms with Gasteiger partial charge in [0, 0.05) is 5.56 Å². The number of para-hydroxylation sites is 1. The van der Waals surface area contributed by atoms with Crippen molar-refractivity contribution in [3.63, 3.8) is 0 Å². The Morgan fingerprint density at radius 1 is 0.875 bits per heavy atom. The van der Waals surface area contributed by atoms with Crippen LogP contribution in [0.2, 0.25) is 0 Å². The highest BCUT2D eigenvalue weighted by atomic mass is 16.5. The highest BCUT2D eigenvalue weighted by molar-refractivity contribution is 6.39. The molecule has 0 bridgehead atoms. The van der Waals surface area contributed by atoms with E-state index in [9.17, 15) is 14.4 Å². The topological polar surface area (TPSA) is 84.9 Å². The van der Waals surface area contributed by atoms with Gasteiger partial charge in [0.25, 0.3) is 11.8 Å². The molecule has 0 aromatic heterocycles. The number of rotatable bonds is 9. The third-order valence-corrected chi connectivity index (χ3v) is 6.50. The maximum Gasteiger partial charge on any atom is 0.335 e. The first-order valence-electron chi connectivity index (χ1n) is 13.0. The SMILES string of the molecule is C=CCc1cc(/C=C2\C(=O)NC(=O)N(c3ccccc3)C2=O)cc(OCC)c1OCc1cccc2ccccc12. The van der Waals surface area contributed by atoms with Crippen molar-refractivity contribution >= 4 is 40.4 Å². The number of carbonyl (C=O) groups is 3. The van der Waals surface area contributed by atoms with Gasteiger partial charge in [-0.1, -0.05) is 66.7 Å². The van der Waals surface area contributed by atoms with E-state index >= 15 is 0 Å². The van der Waals surface area contributed by atoms with Crippen LogP contribution in [-0.2, 0) is 22.6 Å². The lowest BCUT2D eigenvalue weighted by atomic mass is 10.0. The van der Waals surface area contributed by atoms with Crippen LogP contribution in [0.25, 0.3) is 16.8 Å². The molecule has 0 spiro atoms. The van der Waals surface area contributed by atoms with Gasteiger partial charge in [0.15, 0.2) is 11.5 Å². The Morgan fingerprint density at radius 3 is 2.40 bits per heavy atom. The Morgan fingerprint density at radius 2 is 1.62 bits per heavy atom. The molecular weight excluding hydrogens is 504 g/mol. The minimum absolute atomic E-state index is 0.167. The van der Waals surface area contributed by atoms with Crippen LogP contribution in [0.5, 0.6) is 11.5 Å². The van der Waals surface area contributed by atoms with E-state index in [0.717, 1.165) is 26.8 Å². The molecule has 4 aromatic carbocycles. The Bertz CT molecular complexity index is 1640. The van der Waals surface area contributed by atoms with Crippen molar-refractivity contribution in [1.29, 1.82) is 0 Å². The summed E-state index contributed by atoms with van der Waals surface area (Å²) in [6.07, 6.45) is 3.68. The van der Waals surface area contributed by atoms with Gasteiger partial charge in [-0.15, -0.1) is 6.58 Å². The number of nitrogens with zero attached hydrogens (tertiary/aromatic N) is 1. The molecule has 1 aliphatic rings. The Labute approximate surface area is 232 Å². The van der Waals surface area contributed by atoms with E-state index in [1.165, 1.54) is 6.08 Å². The molecule has 1 aliphatic heterocycles. The Kier molecular flexibility index (Phi) is 7.73. The van der Waals surface area contributed by atoms with Gasteiger partial charge >= 0.3 is 6.03 Å². The normalized spacial score (nSPS) is 14.4. The fourth-order valence-electron chi connectivity index (χ4n) is 4.70. The van der Waals surface area contributed by atoms with Gasteiger partial charge in [0.1, 0.15) is 12.2 Å². The second-order valence-electron chi connectivity index (χ2n) is 9.15. The molecule has 1 fully saturated rings. The second kappa shape index (κ2) is 11.7. The highest BCUT2D eigenvalue weighted by Crippen LogP contribution is 2.36. The van der Waals surface area contributed by atoms with Crippen molar-refractivity contribution < 1.29 is 23.9 Å². The van der Waals surface area contributed by atoms with E-state index in [-0.39, 0.29) is 5.57 Å². The van der Waals surface area contributed by atoms with E-state index in [4.69, 9.17) is 9.47 Å². The zero-order chi connectivity index (χ0) is 28.1. The van der Waals surface area contributed by atoms with E-state index in [1.807, 2.05) is 37.3 Å². The summed E-state index contributed by atoms with van der Waals surface area (Å²) in [5.41, 5.74) is 2.57. The first-order chi connectivity index (χ1) is 19.5. The predicted octanol–water partition coefficient (Wildman–Crippen LogP) is 6.21. The zero-order valence-corrected chi connectivity index (χ0v) is 22.1. The van der Waals surface area contributed by atoms with Crippen molar-refractivity contribution in [2.75, 3.05) is 11.5 Å². The van der Waals surface area contributed by atoms with Crippen LogP contribution >= 0.6 is 0 Å². The lowest BCUT2D eigenvalue weighted by molar-refractivity contribution is -0.122. The molecule has 40 heavy (non-hydrogen) atoms. The van der Waals surface area contributed by atoms with Gasteiger partial charge < -0.3 is 9.47 Å². The molecule has 4 aromatic rings. The molecule has 200 valence electrons. The maximum atomic E-state index is 13.3. The molecule has 1 N–H and O–H groups in total. The highest BCUT2D eigenvalue weighted by Gasteiger charge is 2.36. The smallest absolute Gasteiger partial charge is 0.335 e. The number of nitrogens with one attached hydrogen (secondary N) is 1. The van der Waals surface area contributed by atoms with Gasteiger partial charge in [0.2, 0.25) is 0 Å². The number of urea groups is 1. The zero-order valence-electron chi connectivity index (χ0n) is 22.1. The summed E-state index contributed by atoms with van der Waals surface area (Å²) in [6.45, 7) is 6.45. The summed E-state index contributed by atoms with van der Waals surface area (Å²) in [7, 11) is 0. The van der Waals surface area contributed by atoms with E-state index in [0.29, 0.717) is 42.4 Å². The third kappa shape index (κ3) is 5.35. The number of carbonyl (C=O) groups excluding carboxylic acids is 3. The average Bonchev–Trinajstić information content (AvgIpc) is 2.96. The summed E-state index contributed by atoms with van der Waals surface area (Å²) >= 11 is 0. The summed E-state index contributed by atoms with van der Waals surface area (Å²) in [5.74, 6) is -0.424. The van der Waals surface area contributed by atoms with Crippen LogP contribution in [0.4, 0.5) is 10.5 Å². The van der Waals surface area contributed by atoms with Crippen molar-refractivity contribution in [3.8, 4) is 11.5 Å². The van der Waals surface area contributed by atoms with Crippen LogP contribution in [0.1, 0.15) is 23.6 Å². The molecule has 7 heteroatoms. The molecular formula is C33H28N2O5. The third-order valence-electron chi connectivity index (χ3n) is 6.50. The fraction of sp³-hybridized carbons (Fsp3) is 0.121. The molecule has 0 saturated carbocycles. The van der Waals surface area contributed by atoms with E-state index < -0.39 is 17.8 Å². The summed E-state index contributed by atoms with van der Waals surface area (Å²) in [4.78, 5) is 39.5. The van der Waals surface area contributed by atoms with Gasteiger partial charge in [-0.05, 0) is 65.6 Å². The van der Waals surface area contributed by atoms with Gasteiger partial charge in [0.05, 0.1) is 12.3 Å². The van der Waals surface area contributed by atoms with Crippen molar-refractivity contribution in [2.24, 2.45) is 0 Å². The summed E-state index contributed by atoms with van der Waals surface area (Å²) in [5, 5.41) is 4.49. The standard InChI is InChI=1S/C33H28N2O5/c1-3-11-24-18-22(19-28-31(36)34-33(38)35(32(28)37)26-15-6-5-7-16-26)20-29(39-4-2)30(24)40-21-25-14-10-13-23-12-8-9-17-27(23)25/h3,5-10,12-20H,1,4,11,21H2,2H3,(H,34,36,38)/b28-19+. The van der Waals surface area contributed by atoms with Crippen molar-refractivity contribution in [2.45, 2.75) is 20.0 Å². The Hall–Kier alpha value is -5.17. The molecule has 4 amide bonds. The lowest BCUT2D eigenvalue weighted by Crippen LogP contribution is -2.54. The molecule has 1 heterocycles. The average molecular weight is 533 g/mol. The van der Waals surface area contributed by atoms with Gasteiger partial charge in [-0.3, -0.25) is 14.9 Å². The first kappa shape index (κ1) is 26.4. The monoisotopic (exact) mass is 532 g/mol. The van der Waals surface area contributed by atoms with Crippen molar-refractivity contribution in [1.82, 2.24) is 5.32 Å². The maximum absolute atomic E-state index is 13.3. The second-order valence-corrected chi connectivity index (χ2v) is 9.15. The summed E-state index contributed by atoms with van der Waals surface area (Å²) in [6, 6.07) is 25.4. The number of anilines is 1. The number of hydrogen-bond donors (Lipinski definition) is 1. The van der Waals surface area contributed by atoms with Crippen LogP contribution in [0.3, 0.4) is 0 Å². The fourth-order valence-corrected chi connectivity index (χ4v) is 4.70. The molecule has 0 radical (unpaired) electrons. The number of allylic oxidation sites excluding steroid dienone is 1. The van der Waals surface area contributed by atoms with Crippen LogP contribution < -0.4 is 19.7 Å². The molecule has 1 saturated heterocycles. The number of benzene rings is 4. The molecule has 5 rings (SSSR count). The van der Waals surface area contributed by atoms with Crippen LogP contribution in [0, 0.1) is 0 Å². The molecule has 7 nitrogen and oxygen atoms in total. The number of fused-ring (bicyclic) bond motifs is 1. The minimum Gasteiger partial charge on any atom is -0.490 e. The molecule has 0 atom stereocenters. The van der Waals surface area contributed by atoms with Gasteiger partial charge in [-0.2, -0.15) is 0 Å². The lowest BCUT2D eigenvalue weighted by Gasteiger charge is -2.26. The first-order valence-corrected chi connectivity index (χ1v) is 13.0. The largest absolute Gasteiger partial charge is 0.490 e. The number of imide groups is 2. The number of hydrogen-bond acceptors (Lipinski definition) is 5. The minimum atomic E-state index is -0.794. The quantitative estimate of drug-likeness (QED) is 0.157. The Balaban J connectivity index is 1.51. The van der Waals surface area contributed by atoms with Gasteiger partial charge in [-0.25, -0.2) is 9.69 Å². The van der Waals surface area contributed by atoms with E-state index in [1.54, 1.807) is 42.5 Å². The molecule has 0 unspecified atom stereocenters. The van der Waals surface area contributed by atoms with Crippen LogP contribution in [0.15, 0.2) is 103 Å². The number of ether oxygens (including phenoxy) is 2. The van der Waals surface area contributed by atoms with E-state index in [2.05, 4.69) is 30.1 Å². The van der Waals surface area contributed by atoms with Crippen LogP contribution in [-0.4, -0.2) is 24.5 Å². The number of amides is 4. The summed E-state index contributed by atoms with van der Waals surface area (Å²) < 4.78 is 12.3. The number of barbiturate groups is 1.